The number of nitrogens with zero attached hydrogens (tertiary/aromatic N) is 2. The first kappa shape index (κ1) is 16.3. The second kappa shape index (κ2) is 6.91. The minimum Gasteiger partial charge on any atom is -0.376 e. The third-order valence-corrected chi connectivity index (χ3v) is 5.36. The van der Waals surface area contributed by atoms with Crippen molar-refractivity contribution >= 4 is 33.4 Å². The van der Waals surface area contributed by atoms with Crippen molar-refractivity contribution in [2.24, 2.45) is 5.92 Å². The number of hydrogen-bond donors (Lipinski definition) is 1. The van der Waals surface area contributed by atoms with Crippen LogP contribution >= 0.6 is 15.9 Å². The lowest BCUT2D eigenvalue weighted by Gasteiger charge is -2.35. The summed E-state index contributed by atoms with van der Waals surface area (Å²) in [7, 11) is 0. The summed E-state index contributed by atoms with van der Waals surface area (Å²) >= 11 is 3.47. The molecular weight excluding hydrogens is 358 g/mol. The number of nitrogens with one attached hydrogen (secondary N) is 1. The average molecular weight is 380 g/mol. The van der Waals surface area contributed by atoms with Gasteiger partial charge in [0.15, 0.2) is 0 Å². The standard InChI is InChI=1S/C17H22BrN3O2/c1-12-10-14(4-5-15(12)18)19-11-16(22)20-6-8-21(9-7-20)17(23)13-2-3-13/h4-5,10,13,19H,2-3,6-9,11H2,1H3. The molecule has 5 nitrogen and oxygen atoms in total. The highest BCUT2D eigenvalue weighted by molar-refractivity contribution is 9.10. The molecule has 0 radical (unpaired) electrons. The van der Waals surface area contributed by atoms with Crippen molar-refractivity contribution < 1.29 is 9.59 Å². The van der Waals surface area contributed by atoms with Crippen LogP contribution in [0.4, 0.5) is 5.69 Å². The van der Waals surface area contributed by atoms with E-state index in [-0.39, 0.29) is 24.3 Å². The molecule has 1 aliphatic heterocycles. The van der Waals surface area contributed by atoms with Crippen molar-refractivity contribution in [2.45, 2.75) is 19.8 Å². The van der Waals surface area contributed by atoms with E-state index < -0.39 is 0 Å². The van der Waals surface area contributed by atoms with Gasteiger partial charge in [-0.2, -0.15) is 0 Å². The summed E-state index contributed by atoms with van der Waals surface area (Å²) in [4.78, 5) is 28.1. The van der Waals surface area contributed by atoms with Gasteiger partial charge in [-0.3, -0.25) is 9.59 Å². The molecule has 124 valence electrons. The highest BCUT2D eigenvalue weighted by Gasteiger charge is 2.35. The van der Waals surface area contributed by atoms with Crippen LogP contribution in [0.1, 0.15) is 18.4 Å². The van der Waals surface area contributed by atoms with Crippen LogP contribution in [0.3, 0.4) is 0 Å². The second-order valence-corrected chi connectivity index (χ2v) is 7.15. The van der Waals surface area contributed by atoms with E-state index in [2.05, 4.69) is 21.2 Å². The molecule has 0 bridgehead atoms. The summed E-state index contributed by atoms with van der Waals surface area (Å²) < 4.78 is 1.06. The SMILES string of the molecule is Cc1cc(NCC(=O)N2CCN(C(=O)C3CC3)CC2)ccc1Br. The Morgan fingerprint density at radius 2 is 1.83 bits per heavy atom. The molecule has 2 fully saturated rings. The highest BCUT2D eigenvalue weighted by atomic mass is 79.9. The van der Waals surface area contributed by atoms with Gasteiger partial charge in [-0.05, 0) is 43.5 Å². The van der Waals surface area contributed by atoms with Gasteiger partial charge in [0.05, 0.1) is 6.54 Å². The Morgan fingerprint density at radius 3 is 2.43 bits per heavy atom. The predicted octanol–water partition coefficient (Wildman–Crippen LogP) is 2.25. The number of anilines is 1. The summed E-state index contributed by atoms with van der Waals surface area (Å²) in [5.74, 6) is 0.629. The van der Waals surface area contributed by atoms with Gasteiger partial charge in [0.2, 0.25) is 11.8 Å². The molecule has 1 aromatic carbocycles. The molecule has 0 spiro atoms. The van der Waals surface area contributed by atoms with Gasteiger partial charge < -0.3 is 15.1 Å². The van der Waals surface area contributed by atoms with Gasteiger partial charge in [-0.15, -0.1) is 0 Å². The van der Waals surface area contributed by atoms with Gasteiger partial charge in [0, 0.05) is 42.3 Å². The normalized spacial score (nSPS) is 18.0. The molecule has 0 unspecified atom stereocenters. The molecule has 0 atom stereocenters. The van der Waals surface area contributed by atoms with Crippen molar-refractivity contribution in [3.63, 3.8) is 0 Å². The summed E-state index contributed by atoms with van der Waals surface area (Å²) in [6.07, 6.45) is 2.07. The van der Waals surface area contributed by atoms with Gasteiger partial charge in [-0.1, -0.05) is 15.9 Å². The topological polar surface area (TPSA) is 52.7 Å². The van der Waals surface area contributed by atoms with E-state index in [1.165, 1.54) is 0 Å². The van der Waals surface area contributed by atoms with E-state index in [4.69, 9.17) is 0 Å². The van der Waals surface area contributed by atoms with Gasteiger partial charge in [0.25, 0.3) is 0 Å². The molecule has 1 heterocycles. The molecule has 2 aliphatic rings. The van der Waals surface area contributed by atoms with Gasteiger partial charge in [0.1, 0.15) is 0 Å². The van der Waals surface area contributed by atoms with Crippen LogP contribution in [0, 0.1) is 12.8 Å². The lowest BCUT2D eigenvalue weighted by atomic mass is 10.2. The molecule has 1 aliphatic carbocycles. The summed E-state index contributed by atoms with van der Waals surface area (Å²) in [6.45, 7) is 4.92. The summed E-state index contributed by atoms with van der Waals surface area (Å²) in [5, 5.41) is 3.18. The zero-order valence-electron chi connectivity index (χ0n) is 13.3. The molecule has 1 aromatic rings. The molecular formula is C17H22BrN3O2. The first-order valence-corrected chi connectivity index (χ1v) is 8.90. The van der Waals surface area contributed by atoms with Crippen LogP contribution in [-0.4, -0.2) is 54.3 Å². The monoisotopic (exact) mass is 379 g/mol. The van der Waals surface area contributed by atoms with Gasteiger partial charge >= 0.3 is 0 Å². The fraction of sp³-hybridized carbons (Fsp3) is 0.529. The highest BCUT2D eigenvalue weighted by Crippen LogP contribution is 2.31. The number of hydrogen-bond acceptors (Lipinski definition) is 3. The zero-order valence-corrected chi connectivity index (χ0v) is 14.9. The maximum atomic E-state index is 12.3. The molecule has 0 aromatic heterocycles. The molecule has 6 heteroatoms. The lowest BCUT2D eigenvalue weighted by Crippen LogP contribution is -2.52. The Bertz CT molecular complexity index is 608. The van der Waals surface area contributed by atoms with E-state index in [9.17, 15) is 9.59 Å². The average Bonchev–Trinajstić information content (AvgIpc) is 3.40. The van der Waals surface area contributed by atoms with Crippen LogP contribution in [0.2, 0.25) is 0 Å². The van der Waals surface area contributed by atoms with E-state index in [1.807, 2.05) is 34.9 Å². The van der Waals surface area contributed by atoms with Crippen LogP contribution < -0.4 is 5.32 Å². The molecule has 1 saturated carbocycles. The first-order chi connectivity index (χ1) is 11.0. The Kier molecular flexibility index (Phi) is 4.90. The summed E-state index contributed by atoms with van der Waals surface area (Å²) in [6, 6.07) is 5.95. The second-order valence-electron chi connectivity index (χ2n) is 6.30. The largest absolute Gasteiger partial charge is 0.376 e. The van der Waals surface area contributed by atoms with Crippen molar-refractivity contribution in [2.75, 3.05) is 38.0 Å². The quantitative estimate of drug-likeness (QED) is 0.872. The fourth-order valence-electron chi connectivity index (χ4n) is 2.81. The number of rotatable bonds is 4. The molecule has 1 N–H and O–H groups in total. The Morgan fingerprint density at radius 1 is 1.17 bits per heavy atom. The van der Waals surface area contributed by atoms with E-state index in [0.717, 1.165) is 28.6 Å². The van der Waals surface area contributed by atoms with Crippen LogP contribution in [-0.2, 0) is 9.59 Å². The third-order valence-electron chi connectivity index (χ3n) is 4.47. The fourth-order valence-corrected chi connectivity index (χ4v) is 3.06. The maximum Gasteiger partial charge on any atom is 0.241 e. The Labute approximate surface area is 145 Å². The number of amides is 2. The third kappa shape index (κ3) is 4.05. The number of carbonyl (C=O) groups excluding carboxylic acids is 2. The predicted molar refractivity (Wildman–Crippen MR) is 93.3 cm³/mol. The molecule has 3 rings (SSSR count). The van der Waals surface area contributed by atoms with Crippen molar-refractivity contribution in [3.05, 3.63) is 28.2 Å². The maximum absolute atomic E-state index is 12.3. The van der Waals surface area contributed by atoms with Crippen LogP contribution in [0.5, 0.6) is 0 Å². The van der Waals surface area contributed by atoms with Crippen molar-refractivity contribution in [3.8, 4) is 0 Å². The number of carbonyl (C=O) groups is 2. The minimum atomic E-state index is 0.0871. The minimum absolute atomic E-state index is 0.0871. The zero-order chi connectivity index (χ0) is 16.4. The van der Waals surface area contributed by atoms with Gasteiger partial charge in [-0.25, -0.2) is 0 Å². The molecule has 2 amide bonds. The summed E-state index contributed by atoms with van der Waals surface area (Å²) in [5.41, 5.74) is 2.08. The van der Waals surface area contributed by atoms with E-state index >= 15 is 0 Å². The molecule has 1 saturated heterocycles. The smallest absolute Gasteiger partial charge is 0.241 e. The number of piperazine rings is 1. The first-order valence-electron chi connectivity index (χ1n) is 8.11. The van der Waals surface area contributed by atoms with Crippen molar-refractivity contribution in [1.29, 1.82) is 0 Å². The number of benzene rings is 1. The van der Waals surface area contributed by atoms with Crippen molar-refractivity contribution in [1.82, 2.24) is 9.80 Å². The van der Waals surface area contributed by atoms with E-state index in [1.54, 1.807) is 0 Å². The number of aryl methyl sites for hydroxylation is 1. The lowest BCUT2D eigenvalue weighted by molar-refractivity contribution is -0.139. The van der Waals surface area contributed by atoms with E-state index in [0.29, 0.717) is 26.2 Å². The Hall–Kier alpha value is -1.56. The van der Waals surface area contributed by atoms with Crippen LogP contribution in [0.25, 0.3) is 0 Å². The molecule has 23 heavy (non-hydrogen) atoms. The number of halogens is 1. The Balaban J connectivity index is 1.45. The van der Waals surface area contributed by atoms with Crippen LogP contribution in [0.15, 0.2) is 22.7 Å².